The van der Waals surface area contributed by atoms with E-state index in [0.717, 1.165) is 72.2 Å². The molecule has 3 heterocycles. The molecule has 51 heavy (non-hydrogen) atoms. The SMILES string of the molecule is C=C1C=CC=C(c2nc3ccc(-c4ccc5ccccc5c4-c4cccc(-c5nc(-c6ccccc6)cc(-c6ccccc6)n5)c4)cc3o2)N=C1. The minimum absolute atomic E-state index is 0.469. The Morgan fingerprint density at radius 2 is 1.25 bits per heavy atom. The van der Waals surface area contributed by atoms with Crippen molar-refractivity contribution in [3.63, 3.8) is 0 Å². The Bertz CT molecular complexity index is 2650. The van der Waals surface area contributed by atoms with E-state index in [2.05, 4.69) is 115 Å². The highest BCUT2D eigenvalue weighted by Gasteiger charge is 2.17. The maximum Gasteiger partial charge on any atom is 0.246 e. The van der Waals surface area contributed by atoms with Gasteiger partial charge in [-0.05, 0) is 68.9 Å². The van der Waals surface area contributed by atoms with Gasteiger partial charge >= 0.3 is 0 Å². The number of nitrogens with zero attached hydrogens (tertiary/aromatic N) is 4. The zero-order valence-corrected chi connectivity index (χ0v) is 27.6. The Kier molecular flexibility index (Phi) is 7.56. The molecule has 1 aliphatic rings. The smallest absolute Gasteiger partial charge is 0.246 e. The average molecular weight is 655 g/mol. The lowest BCUT2D eigenvalue weighted by molar-refractivity contribution is 0.583. The van der Waals surface area contributed by atoms with Crippen molar-refractivity contribution in [2.24, 2.45) is 4.99 Å². The number of hydrogen-bond donors (Lipinski definition) is 0. The van der Waals surface area contributed by atoms with Crippen LogP contribution in [0.1, 0.15) is 5.89 Å². The molecule has 8 aromatic rings. The molecule has 0 saturated heterocycles. The van der Waals surface area contributed by atoms with Crippen LogP contribution in [-0.4, -0.2) is 21.2 Å². The maximum atomic E-state index is 6.29. The van der Waals surface area contributed by atoms with Crippen LogP contribution in [0.3, 0.4) is 0 Å². The summed E-state index contributed by atoms with van der Waals surface area (Å²) in [5, 5.41) is 2.31. The normalized spacial score (nSPS) is 12.7. The number of oxazole rings is 1. The third kappa shape index (κ3) is 5.87. The van der Waals surface area contributed by atoms with Gasteiger partial charge in [-0.2, -0.15) is 0 Å². The quantitative estimate of drug-likeness (QED) is 0.179. The zero-order valence-electron chi connectivity index (χ0n) is 27.6. The Hall–Kier alpha value is -6.98. The fourth-order valence-electron chi connectivity index (χ4n) is 6.56. The van der Waals surface area contributed by atoms with Crippen molar-refractivity contribution in [3.05, 3.63) is 182 Å². The van der Waals surface area contributed by atoms with Crippen molar-refractivity contribution in [1.82, 2.24) is 15.0 Å². The minimum atomic E-state index is 0.469. The summed E-state index contributed by atoms with van der Waals surface area (Å²) in [6, 6.07) is 50.2. The Morgan fingerprint density at radius 1 is 0.549 bits per heavy atom. The minimum Gasteiger partial charge on any atom is -0.435 e. The fraction of sp³-hybridized carbons (Fsp3) is 0. The summed E-state index contributed by atoms with van der Waals surface area (Å²) in [6.07, 6.45) is 7.42. The van der Waals surface area contributed by atoms with Gasteiger partial charge in [0.05, 0.1) is 11.4 Å². The topological polar surface area (TPSA) is 64.2 Å². The first kappa shape index (κ1) is 30.1. The Balaban J connectivity index is 1.19. The van der Waals surface area contributed by atoms with Crippen LogP contribution >= 0.6 is 0 Å². The number of fused-ring (bicyclic) bond motifs is 2. The lowest BCUT2D eigenvalue weighted by atomic mass is 9.89. The summed E-state index contributed by atoms with van der Waals surface area (Å²) < 4.78 is 6.29. The van der Waals surface area contributed by atoms with Crippen molar-refractivity contribution in [3.8, 4) is 56.2 Å². The second kappa shape index (κ2) is 12.8. The average Bonchev–Trinajstić information content (AvgIpc) is 3.50. The highest BCUT2D eigenvalue weighted by molar-refractivity contribution is 6.05. The highest BCUT2D eigenvalue weighted by atomic mass is 16.3. The molecule has 0 saturated carbocycles. The molecule has 0 spiro atoms. The van der Waals surface area contributed by atoms with E-state index < -0.39 is 0 Å². The van der Waals surface area contributed by atoms with Gasteiger partial charge in [0.25, 0.3) is 0 Å². The summed E-state index contributed by atoms with van der Waals surface area (Å²) in [6.45, 7) is 3.97. The van der Waals surface area contributed by atoms with E-state index in [1.807, 2.05) is 60.7 Å². The molecular weight excluding hydrogens is 625 g/mol. The number of benzene rings is 6. The largest absolute Gasteiger partial charge is 0.435 e. The van der Waals surface area contributed by atoms with Crippen molar-refractivity contribution < 1.29 is 4.42 Å². The third-order valence-electron chi connectivity index (χ3n) is 9.06. The first-order valence-corrected chi connectivity index (χ1v) is 16.8. The lowest BCUT2D eigenvalue weighted by Crippen LogP contribution is -1.96. The van der Waals surface area contributed by atoms with Crippen LogP contribution in [0.5, 0.6) is 0 Å². The van der Waals surface area contributed by atoms with Gasteiger partial charge in [0.15, 0.2) is 11.4 Å². The molecule has 5 nitrogen and oxygen atoms in total. The Labute approximate surface area is 295 Å². The van der Waals surface area contributed by atoms with E-state index in [0.29, 0.717) is 23.0 Å². The molecule has 0 radical (unpaired) electrons. The molecule has 2 aromatic heterocycles. The monoisotopic (exact) mass is 654 g/mol. The van der Waals surface area contributed by atoms with Gasteiger partial charge in [0.2, 0.25) is 5.89 Å². The molecule has 6 aromatic carbocycles. The molecule has 0 unspecified atom stereocenters. The van der Waals surface area contributed by atoms with Crippen LogP contribution in [0.2, 0.25) is 0 Å². The van der Waals surface area contributed by atoms with Gasteiger partial charge in [0.1, 0.15) is 11.2 Å². The molecule has 240 valence electrons. The van der Waals surface area contributed by atoms with Crippen molar-refractivity contribution in [2.75, 3.05) is 0 Å². The number of aliphatic imine (C=N–C) groups is 1. The molecule has 9 rings (SSSR count). The van der Waals surface area contributed by atoms with E-state index in [-0.39, 0.29) is 0 Å². The van der Waals surface area contributed by atoms with Crippen LogP contribution in [-0.2, 0) is 0 Å². The summed E-state index contributed by atoms with van der Waals surface area (Å²) in [5.74, 6) is 1.14. The van der Waals surface area contributed by atoms with Gasteiger partial charge in [-0.15, -0.1) is 0 Å². The Morgan fingerprint density at radius 3 is 2.04 bits per heavy atom. The van der Waals surface area contributed by atoms with E-state index in [9.17, 15) is 0 Å². The van der Waals surface area contributed by atoms with E-state index in [4.69, 9.17) is 19.4 Å². The van der Waals surface area contributed by atoms with Gasteiger partial charge in [-0.1, -0.05) is 140 Å². The van der Waals surface area contributed by atoms with E-state index >= 15 is 0 Å². The number of aromatic nitrogens is 3. The van der Waals surface area contributed by atoms with Gasteiger partial charge in [-0.3, -0.25) is 4.99 Å². The predicted octanol–water partition coefficient (Wildman–Crippen LogP) is 11.6. The number of rotatable bonds is 6. The van der Waals surface area contributed by atoms with Crippen molar-refractivity contribution in [2.45, 2.75) is 0 Å². The van der Waals surface area contributed by atoms with Gasteiger partial charge in [0, 0.05) is 22.9 Å². The predicted molar refractivity (Wildman–Crippen MR) is 209 cm³/mol. The number of allylic oxidation sites excluding steroid dienone is 4. The van der Waals surface area contributed by atoms with Crippen LogP contribution < -0.4 is 0 Å². The summed E-state index contributed by atoms with van der Waals surface area (Å²) in [5.41, 5.74) is 12.0. The fourth-order valence-corrected chi connectivity index (χ4v) is 6.56. The van der Waals surface area contributed by atoms with Crippen LogP contribution in [0.25, 0.3) is 83.7 Å². The lowest BCUT2D eigenvalue weighted by Gasteiger charge is -2.15. The molecular formula is C46H30N4O. The van der Waals surface area contributed by atoms with Crippen LogP contribution in [0.15, 0.2) is 185 Å². The second-order valence-electron chi connectivity index (χ2n) is 12.4. The van der Waals surface area contributed by atoms with Gasteiger partial charge in [-0.25, -0.2) is 15.0 Å². The maximum absolute atomic E-state index is 6.29. The van der Waals surface area contributed by atoms with Crippen LogP contribution in [0, 0.1) is 0 Å². The van der Waals surface area contributed by atoms with Crippen LogP contribution in [0.4, 0.5) is 0 Å². The molecule has 0 N–H and O–H groups in total. The number of hydrogen-bond acceptors (Lipinski definition) is 5. The molecule has 0 bridgehead atoms. The van der Waals surface area contributed by atoms with E-state index in [1.54, 1.807) is 6.21 Å². The molecule has 0 amide bonds. The van der Waals surface area contributed by atoms with Gasteiger partial charge < -0.3 is 4.42 Å². The summed E-state index contributed by atoms with van der Waals surface area (Å²) >= 11 is 0. The molecule has 5 heteroatoms. The molecule has 0 atom stereocenters. The molecule has 0 aliphatic carbocycles. The second-order valence-corrected chi connectivity index (χ2v) is 12.4. The first-order valence-electron chi connectivity index (χ1n) is 16.8. The van der Waals surface area contributed by atoms with Crippen molar-refractivity contribution in [1.29, 1.82) is 0 Å². The highest BCUT2D eigenvalue weighted by Crippen LogP contribution is 2.40. The zero-order chi connectivity index (χ0) is 34.1. The summed E-state index contributed by atoms with van der Waals surface area (Å²) in [7, 11) is 0. The molecule has 1 aliphatic heterocycles. The first-order chi connectivity index (χ1) is 25.2. The van der Waals surface area contributed by atoms with Crippen molar-refractivity contribution >= 4 is 33.8 Å². The summed E-state index contributed by atoms with van der Waals surface area (Å²) in [4.78, 5) is 19.5. The third-order valence-corrected chi connectivity index (χ3v) is 9.06. The van der Waals surface area contributed by atoms with E-state index in [1.165, 1.54) is 0 Å². The molecule has 0 fully saturated rings. The standard InChI is InChI=1S/C46H30N4O/c1-30-12-10-21-40(47-29-30)46-50-39-25-23-34(27-43(39)51-46)38-24-22-31-13-8-9-20-37(31)44(38)35-18-11-19-36(26-35)45-48-41(32-14-4-2-5-15-32)28-42(49-45)33-16-6-3-7-17-33/h2-29H,1H2.